The Bertz CT molecular complexity index is 162. The van der Waals surface area contributed by atoms with Crippen LogP contribution in [-0.2, 0) is 0 Å². The molecule has 0 spiro atoms. The summed E-state index contributed by atoms with van der Waals surface area (Å²) in [6, 6.07) is 0. The van der Waals surface area contributed by atoms with Crippen molar-refractivity contribution in [2.24, 2.45) is 0 Å². The zero-order chi connectivity index (χ0) is 14.1. The highest BCUT2D eigenvalue weighted by Crippen LogP contribution is 2.27. The normalized spacial score (nSPS) is 25.0. The van der Waals surface area contributed by atoms with Gasteiger partial charge in [0.25, 0.3) is 0 Å². The van der Waals surface area contributed by atoms with Crippen LogP contribution in [0.4, 0.5) is 0 Å². The molecule has 3 N–H and O–H groups in total. The largest absolute Gasteiger partial charge is 0.400 e. The molecule has 0 aromatic heterocycles. The molecule has 2 saturated carbocycles. The van der Waals surface area contributed by atoms with E-state index in [0.717, 1.165) is 32.8 Å². The Morgan fingerprint density at radius 2 is 0.778 bits per heavy atom. The van der Waals surface area contributed by atoms with E-state index < -0.39 is 0 Å². The molecule has 0 atom stereocenters. The van der Waals surface area contributed by atoms with Gasteiger partial charge in [-0.3, -0.25) is 0 Å². The van der Waals surface area contributed by atoms with Crippen LogP contribution in [0.25, 0.3) is 0 Å². The Morgan fingerprint density at radius 1 is 0.556 bits per heavy atom. The van der Waals surface area contributed by atoms with Crippen LogP contribution in [0.1, 0.15) is 78.1 Å². The maximum absolute atomic E-state index is 9.37. The molecular weight excluding hydrogens is 228 g/mol. The minimum atomic E-state index is -0.321. The van der Waals surface area contributed by atoms with Crippen molar-refractivity contribution in [3.8, 4) is 0 Å². The van der Waals surface area contributed by atoms with Crippen LogP contribution in [0.15, 0.2) is 0 Å². The van der Waals surface area contributed by atoms with Crippen LogP contribution in [0.5, 0.6) is 0 Å². The van der Waals surface area contributed by atoms with Crippen molar-refractivity contribution in [2.45, 2.75) is 89.3 Å². The fourth-order valence-electron chi connectivity index (χ4n) is 2.63. The summed E-state index contributed by atoms with van der Waals surface area (Å²) < 4.78 is 0. The summed E-state index contributed by atoms with van der Waals surface area (Å²) in [4.78, 5) is 0. The topological polar surface area (TPSA) is 60.7 Å². The Morgan fingerprint density at radius 3 is 0.889 bits per heavy atom. The van der Waals surface area contributed by atoms with Crippen molar-refractivity contribution >= 4 is 0 Å². The third kappa shape index (κ3) is 8.90. The van der Waals surface area contributed by atoms with Crippen LogP contribution < -0.4 is 0 Å². The SMILES string of the molecule is CC1(O)CCCCC1.CC1(O)CCCCC1.CO. The fraction of sp³-hybridized carbons (Fsp3) is 1.00. The van der Waals surface area contributed by atoms with E-state index in [9.17, 15) is 10.2 Å². The molecule has 0 aromatic carbocycles. The molecule has 0 aromatic rings. The predicted molar refractivity (Wildman–Crippen MR) is 75.6 cm³/mol. The van der Waals surface area contributed by atoms with Gasteiger partial charge in [-0.25, -0.2) is 0 Å². The van der Waals surface area contributed by atoms with Crippen molar-refractivity contribution in [3.63, 3.8) is 0 Å². The molecular formula is C15H32O3. The first kappa shape index (κ1) is 17.9. The van der Waals surface area contributed by atoms with Gasteiger partial charge < -0.3 is 15.3 Å². The van der Waals surface area contributed by atoms with E-state index in [1.807, 2.05) is 13.8 Å². The lowest BCUT2D eigenvalue weighted by atomic mass is 9.87. The van der Waals surface area contributed by atoms with Crippen molar-refractivity contribution in [1.29, 1.82) is 0 Å². The summed E-state index contributed by atoms with van der Waals surface area (Å²) in [5.41, 5.74) is -0.642. The predicted octanol–water partition coefficient (Wildman–Crippen LogP) is 3.01. The first-order valence-corrected chi connectivity index (χ1v) is 7.31. The molecule has 0 aliphatic heterocycles. The van der Waals surface area contributed by atoms with E-state index in [1.165, 1.54) is 38.5 Å². The quantitative estimate of drug-likeness (QED) is 0.627. The molecule has 2 aliphatic rings. The second kappa shape index (κ2) is 8.89. The summed E-state index contributed by atoms with van der Waals surface area (Å²) in [7, 11) is 1.00. The maximum Gasteiger partial charge on any atom is 0.0619 e. The number of aliphatic hydroxyl groups excluding tert-OH is 1. The van der Waals surface area contributed by atoms with E-state index in [1.54, 1.807) is 0 Å². The molecule has 110 valence electrons. The van der Waals surface area contributed by atoms with Gasteiger partial charge in [-0.15, -0.1) is 0 Å². The molecule has 0 unspecified atom stereocenters. The minimum Gasteiger partial charge on any atom is -0.400 e. The number of hydrogen-bond donors (Lipinski definition) is 3. The molecule has 2 rings (SSSR count). The van der Waals surface area contributed by atoms with E-state index >= 15 is 0 Å². The van der Waals surface area contributed by atoms with Gasteiger partial charge >= 0.3 is 0 Å². The zero-order valence-electron chi connectivity index (χ0n) is 12.4. The van der Waals surface area contributed by atoms with Gasteiger partial charge in [-0.05, 0) is 39.5 Å². The first-order chi connectivity index (χ1) is 8.41. The first-order valence-electron chi connectivity index (χ1n) is 7.31. The van der Waals surface area contributed by atoms with Gasteiger partial charge in [0, 0.05) is 7.11 Å². The van der Waals surface area contributed by atoms with Crippen molar-refractivity contribution in [1.82, 2.24) is 0 Å². The Hall–Kier alpha value is -0.120. The van der Waals surface area contributed by atoms with E-state index in [0.29, 0.717) is 0 Å². The summed E-state index contributed by atoms with van der Waals surface area (Å²) >= 11 is 0. The third-order valence-corrected chi connectivity index (χ3v) is 3.86. The zero-order valence-corrected chi connectivity index (χ0v) is 12.4. The van der Waals surface area contributed by atoms with Crippen LogP contribution in [0, 0.1) is 0 Å². The summed E-state index contributed by atoms with van der Waals surface area (Å²) in [5, 5.41) is 25.7. The van der Waals surface area contributed by atoms with Gasteiger partial charge in [-0.2, -0.15) is 0 Å². The van der Waals surface area contributed by atoms with Gasteiger partial charge in [0.2, 0.25) is 0 Å². The standard InChI is InChI=1S/2C7H14O.CH4O/c2*1-7(8)5-3-2-4-6-7;1-2/h2*8H,2-6H2,1H3;2H,1H3. The molecule has 3 heteroatoms. The third-order valence-electron chi connectivity index (χ3n) is 3.86. The van der Waals surface area contributed by atoms with Gasteiger partial charge in [0.05, 0.1) is 11.2 Å². The van der Waals surface area contributed by atoms with Gasteiger partial charge in [0.1, 0.15) is 0 Å². The highest BCUT2D eigenvalue weighted by atomic mass is 16.3. The molecule has 2 aliphatic carbocycles. The summed E-state index contributed by atoms with van der Waals surface area (Å²) in [5.74, 6) is 0. The number of hydrogen-bond acceptors (Lipinski definition) is 3. The molecule has 0 radical (unpaired) electrons. The van der Waals surface area contributed by atoms with E-state index in [4.69, 9.17) is 5.11 Å². The molecule has 0 bridgehead atoms. The molecule has 3 nitrogen and oxygen atoms in total. The Labute approximate surface area is 112 Å². The smallest absolute Gasteiger partial charge is 0.0619 e. The Balaban J connectivity index is 0.000000283. The lowest BCUT2D eigenvalue weighted by Crippen LogP contribution is -2.26. The lowest BCUT2D eigenvalue weighted by molar-refractivity contribution is 0.0220. The highest BCUT2D eigenvalue weighted by molar-refractivity contribution is 4.76. The fourth-order valence-corrected chi connectivity index (χ4v) is 2.63. The van der Waals surface area contributed by atoms with Crippen molar-refractivity contribution in [2.75, 3.05) is 7.11 Å². The number of aliphatic hydroxyl groups is 3. The average Bonchev–Trinajstić information content (AvgIpc) is 2.32. The Kier molecular flexibility index (Phi) is 8.83. The van der Waals surface area contributed by atoms with Gasteiger partial charge in [0.15, 0.2) is 0 Å². The number of rotatable bonds is 0. The van der Waals surface area contributed by atoms with Gasteiger partial charge in [-0.1, -0.05) is 38.5 Å². The molecule has 0 heterocycles. The molecule has 18 heavy (non-hydrogen) atoms. The lowest BCUT2D eigenvalue weighted by Gasteiger charge is -2.27. The van der Waals surface area contributed by atoms with Crippen molar-refractivity contribution in [3.05, 3.63) is 0 Å². The molecule has 0 amide bonds. The van der Waals surface area contributed by atoms with Crippen LogP contribution >= 0.6 is 0 Å². The second-order valence-corrected chi connectivity index (χ2v) is 6.12. The summed E-state index contributed by atoms with van der Waals surface area (Å²) in [6.07, 6.45) is 11.5. The second-order valence-electron chi connectivity index (χ2n) is 6.12. The van der Waals surface area contributed by atoms with Crippen LogP contribution in [0.2, 0.25) is 0 Å². The molecule has 2 fully saturated rings. The molecule has 0 saturated heterocycles. The van der Waals surface area contributed by atoms with Crippen molar-refractivity contribution < 1.29 is 15.3 Å². The highest BCUT2D eigenvalue weighted by Gasteiger charge is 2.22. The summed E-state index contributed by atoms with van der Waals surface area (Å²) in [6.45, 7) is 3.87. The van der Waals surface area contributed by atoms with E-state index in [2.05, 4.69) is 0 Å². The maximum atomic E-state index is 9.37. The van der Waals surface area contributed by atoms with Crippen LogP contribution in [0.3, 0.4) is 0 Å². The van der Waals surface area contributed by atoms with E-state index in [-0.39, 0.29) is 11.2 Å². The van der Waals surface area contributed by atoms with Crippen LogP contribution in [-0.4, -0.2) is 33.6 Å². The monoisotopic (exact) mass is 260 g/mol. The minimum absolute atomic E-state index is 0.321. The average molecular weight is 260 g/mol.